The van der Waals surface area contributed by atoms with Gasteiger partial charge in [-0.05, 0) is 75.2 Å². The lowest BCUT2D eigenvalue weighted by Gasteiger charge is -2.32. The topological polar surface area (TPSA) is 213 Å². The van der Waals surface area contributed by atoms with Crippen molar-refractivity contribution in [3.63, 3.8) is 0 Å². The predicted octanol–water partition coefficient (Wildman–Crippen LogP) is 3.85. The second-order valence-corrected chi connectivity index (χ2v) is 12.7. The molecule has 0 atom stereocenters. The SMILES string of the molecule is CCC(=O)N1CCC(Nc2ncc(C(=O)c3cc(F)ccc3OC)c(N)n2)CC1.COc1ccc(F)cc1C(=O)c1cnc(NC2CCNCC2)nc1N. The van der Waals surface area contributed by atoms with Crippen LogP contribution in [-0.2, 0) is 4.79 Å². The average Bonchev–Trinajstić information content (AvgIpc) is 3.18. The van der Waals surface area contributed by atoms with Gasteiger partial charge in [0.2, 0.25) is 29.4 Å². The number of hydrogen-bond donors (Lipinski definition) is 5. The molecule has 6 rings (SSSR count). The van der Waals surface area contributed by atoms with E-state index >= 15 is 0 Å². The number of methoxy groups -OCH3 is 2. The number of nitrogen functional groups attached to an aromatic ring is 2. The number of carbonyl (C=O) groups is 3. The molecule has 2 saturated heterocycles. The molecular formula is C37H44F2N10O5. The fourth-order valence-corrected chi connectivity index (χ4v) is 6.11. The minimum absolute atomic E-state index is 0.00240. The number of rotatable bonds is 11. The van der Waals surface area contributed by atoms with E-state index in [0.29, 0.717) is 31.4 Å². The van der Waals surface area contributed by atoms with Gasteiger partial charge in [0.15, 0.2) is 0 Å². The maximum atomic E-state index is 13.6. The molecule has 0 spiro atoms. The summed E-state index contributed by atoms with van der Waals surface area (Å²) in [5, 5.41) is 9.70. The zero-order valence-electron chi connectivity index (χ0n) is 30.3. The maximum absolute atomic E-state index is 13.6. The molecule has 7 N–H and O–H groups in total. The molecule has 286 valence electrons. The highest BCUT2D eigenvalue weighted by atomic mass is 19.1. The average molecular weight is 747 g/mol. The lowest BCUT2D eigenvalue weighted by Crippen LogP contribution is -2.42. The van der Waals surface area contributed by atoms with E-state index < -0.39 is 23.2 Å². The number of aromatic nitrogens is 4. The highest BCUT2D eigenvalue weighted by Crippen LogP contribution is 2.26. The van der Waals surface area contributed by atoms with E-state index in [0.717, 1.165) is 50.9 Å². The lowest BCUT2D eigenvalue weighted by atomic mass is 10.0. The van der Waals surface area contributed by atoms with Gasteiger partial charge >= 0.3 is 0 Å². The Morgan fingerprint density at radius 2 is 1.20 bits per heavy atom. The van der Waals surface area contributed by atoms with Crippen LogP contribution in [0.5, 0.6) is 11.5 Å². The Morgan fingerprint density at radius 3 is 1.61 bits per heavy atom. The van der Waals surface area contributed by atoms with Crippen molar-refractivity contribution in [3.05, 3.63) is 82.7 Å². The number of ether oxygens (including phenoxy) is 2. The van der Waals surface area contributed by atoms with Crippen LogP contribution in [0.25, 0.3) is 0 Å². The first kappa shape index (κ1) is 39.2. The molecule has 4 heterocycles. The van der Waals surface area contributed by atoms with Crippen LogP contribution in [-0.4, -0.2) is 94.8 Å². The Bertz CT molecular complexity index is 1970. The highest BCUT2D eigenvalue weighted by molar-refractivity contribution is 6.13. The Hall–Kier alpha value is -5.97. The molecule has 0 unspecified atom stereocenters. The van der Waals surface area contributed by atoms with Crippen molar-refractivity contribution in [2.75, 3.05) is 62.5 Å². The molecule has 2 aliphatic rings. The van der Waals surface area contributed by atoms with Crippen LogP contribution in [0.15, 0.2) is 48.8 Å². The molecule has 15 nitrogen and oxygen atoms in total. The quantitative estimate of drug-likeness (QED) is 0.138. The first-order chi connectivity index (χ1) is 26.0. The van der Waals surface area contributed by atoms with Gasteiger partial charge in [0.1, 0.15) is 34.8 Å². The number of nitrogens with two attached hydrogens (primary N) is 2. The molecule has 0 saturated carbocycles. The molecule has 2 fully saturated rings. The summed E-state index contributed by atoms with van der Waals surface area (Å²) < 4.78 is 37.3. The number of benzene rings is 2. The molecule has 2 aromatic carbocycles. The van der Waals surface area contributed by atoms with Crippen LogP contribution in [0, 0.1) is 11.6 Å². The van der Waals surface area contributed by atoms with E-state index in [4.69, 9.17) is 20.9 Å². The number of hydrogen-bond acceptors (Lipinski definition) is 14. The molecule has 0 radical (unpaired) electrons. The molecule has 2 aromatic heterocycles. The number of ketones is 2. The van der Waals surface area contributed by atoms with Crippen molar-refractivity contribution in [2.24, 2.45) is 0 Å². The third kappa shape index (κ3) is 9.71. The van der Waals surface area contributed by atoms with Gasteiger partial charge in [-0.3, -0.25) is 14.4 Å². The fourth-order valence-electron chi connectivity index (χ4n) is 6.11. The number of amides is 1. The van der Waals surface area contributed by atoms with Crippen LogP contribution >= 0.6 is 0 Å². The molecule has 0 bridgehead atoms. The van der Waals surface area contributed by atoms with E-state index in [-0.39, 0.29) is 63.4 Å². The van der Waals surface area contributed by atoms with E-state index in [1.807, 2.05) is 11.8 Å². The highest BCUT2D eigenvalue weighted by Gasteiger charge is 2.24. The van der Waals surface area contributed by atoms with Crippen LogP contribution < -0.4 is 36.9 Å². The molecule has 0 aliphatic carbocycles. The minimum atomic E-state index is -0.556. The smallest absolute Gasteiger partial charge is 0.224 e. The summed E-state index contributed by atoms with van der Waals surface area (Å²) >= 11 is 0. The summed E-state index contributed by atoms with van der Waals surface area (Å²) in [4.78, 5) is 55.8. The summed E-state index contributed by atoms with van der Waals surface area (Å²) in [6.45, 7) is 5.07. The monoisotopic (exact) mass is 746 g/mol. The zero-order chi connectivity index (χ0) is 38.8. The van der Waals surface area contributed by atoms with Crippen LogP contribution in [0.4, 0.5) is 32.3 Å². The van der Waals surface area contributed by atoms with Gasteiger partial charge in [-0.2, -0.15) is 9.97 Å². The van der Waals surface area contributed by atoms with Gasteiger partial charge in [0.05, 0.1) is 36.5 Å². The minimum Gasteiger partial charge on any atom is -0.496 e. The van der Waals surface area contributed by atoms with Crippen LogP contribution in [0.3, 0.4) is 0 Å². The molecule has 54 heavy (non-hydrogen) atoms. The largest absolute Gasteiger partial charge is 0.496 e. The van der Waals surface area contributed by atoms with Crippen molar-refractivity contribution in [1.29, 1.82) is 0 Å². The standard InChI is InChI=1S/C20H24FN5O3.C17H20FN5O2/c1-3-17(27)26-8-6-13(7-9-26)24-20-23-11-15(19(22)25-20)18(28)14-10-12(21)4-5-16(14)29-2;1-25-14-3-2-10(18)8-12(14)15(24)13-9-21-17(23-16(13)19)22-11-4-6-20-7-5-11/h4-5,10-11,13H,3,6-9H2,1-2H3,(H3,22,23,24,25);2-3,8-9,11,20H,4-7H2,1H3,(H3,19,21,22,23). The molecule has 1 amide bonds. The van der Waals surface area contributed by atoms with Crippen molar-refractivity contribution >= 4 is 41.0 Å². The fraction of sp³-hybridized carbons (Fsp3) is 0.378. The van der Waals surface area contributed by atoms with Crippen LogP contribution in [0.2, 0.25) is 0 Å². The van der Waals surface area contributed by atoms with Gasteiger partial charge in [0, 0.05) is 44.0 Å². The van der Waals surface area contributed by atoms with Gasteiger partial charge in [-0.15, -0.1) is 0 Å². The number of likely N-dealkylation sites (tertiary alicyclic amines) is 1. The molecular weight excluding hydrogens is 702 g/mol. The first-order valence-electron chi connectivity index (χ1n) is 17.5. The third-order valence-corrected chi connectivity index (χ3v) is 9.09. The second-order valence-electron chi connectivity index (χ2n) is 12.7. The lowest BCUT2D eigenvalue weighted by molar-refractivity contribution is -0.131. The van der Waals surface area contributed by atoms with E-state index in [1.165, 1.54) is 50.9 Å². The molecule has 17 heteroatoms. The Labute approximate surface area is 311 Å². The van der Waals surface area contributed by atoms with Gasteiger partial charge in [0.25, 0.3) is 0 Å². The maximum Gasteiger partial charge on any atom is 0.224 e. The van der Waals surface area contributed by atoms with Gasteiger partial charge in [-0.1, -0.05) is 6.92 Å². The number of nitrogens with zero attached hydrogens (tertiary/aromatic N) is 5. The van der Waals surface area contributed by atoms with Gasteiger partial charge in [-0.25, -0.2) is 18.7 Å². The molecule has 2 aliphatic heterocycles. The predicted molar refractivity (Wildman–Crippen MR) is 199 cm³/mol. The number of anilines is 4. The van der Waals surface area contributed by atoms with Crippen molar-refractivity contribution in [1.82, 2.24) is 30.2 Å². The summed E-state index contributed by atoms with van der Waals surface area (Å²) in [5.41, 5.74) is 12.2. The number of carbonyl (C=O) groups excluding carboxylic acids is 3. The van der Waals surface area contributed by atoms with Crippen LogP contribution in [0.1, 0.15) is 70.9 Å². The Kier molecular flexibility index (Phi) is 13.2. The Balaban J connectivity index is 0.000000210. The number of nitrogens with one attached hydrogen (secondary N) is 3. The van der Waals surface area contributed by atoms with E-state index in [2.05, 4.69) is 35.9 Å². The summed E-state index contributed by atoms with van der Waals surface area (Å²) in [7, 11) is 2.81. The third-order valence-electron chi connectivity index (χ3n) is 9.09. The summed E-state index contributed by atoms with van der Waals surface area (Å²) in [5.74, 6) is -0.696. The zero-order valence-corrected chi connectivity index (χ0v) is 30.3. The number of halogens is 2. The van der Waals surface area contributed by atoms with E-state index in [1.54, 1.807) is 0 Å². The van der Waals surface area contributed by atoms with Crippen molar-refractivity contribution in [2.45, 2.75) is 51.1 Å². The summed E-state index contributed by atoms with van der Waals surface area (Å²) in [6.07, 6.45) is 6.66. The van der Waals surface area contributed by atoms with Crippen molar-refractivity contribution < 1.29 is 32.6 Å². The van der Waals surface area contributed by atoms with Crippen molar-refractivity contribution in [3.8, 4) is 11.5 Å². The number of piperidine rings is 2. The van der Waals surface area contributed by atoms with Gasteiger partial charge < -0.3 is 41.8 Å². The normalized spacial score (nSPS) is 14.7. The summed E-state index contributed by atoms with van der Waals surface area (Å²) in [6, 6.07) is 7.80. The second kappa shape index (κ2) is 18.2. The van der Waals surface area contributed by atoms with E-state index in [9.17, 15) is 23.2 Å². The molecule has 4 aromatic rings. The first-order valence-corrected chi connectivity index (χ1v) is 17.5. The Morgan fingerprint density at radius 1 is 0.759 bits per heavy atom.